The van der Waals surface area contributed by atoms with Crippen molar-refractivity contribution in [3.8, 4) is 0 Å². The van der Waals surface area contributed by atoms with E-state index in [9.17, 15) is 29.1 Å². The molecule has 4 unspecified atom stereocenters. The van der Waals surface area contributed by atoms with E-state index in [0.29, 0.717) is 24.9 Å². The van der Waals surface area contributed by atoms with Crippen molar-refractivity contribution in [3.63, 3.8) is 0 Å². The summed E-state index contributed by atoms with van der Waals surface area (Å²) in [6.07, 6.45) is 2.58. The highest BCUT2D eigenvalue weighted by Gasteiger charge is 2.32. The van der Waals surface area contributed by atoms with E-state index in [2.05, 4.69) is 20.9 Å². The van der Waals surface area contributed by atoms with Crippen LogP contribution in [-0.4, -0.2) is 75.6 Å². The van der Waals surface area contributed by atoms with Crippen molar-refractivity contribution in [2.24, 2.45) is 17.4 Å². The fourth-order valence-electron chi connectivity index (χ4n) is 4.22. The first-order chi connectivity index (χ1) is 18.9. The summed E-state index contributed by atoms with van der Waals surface area (Å²) in [5, 5.41) is 27.2. The Kier molecular flexibility index (Phi) is 12.6. The highest BCUT2D eigenvalue weighted by molar-refractivity contribution is 5.94. The van der Waals surface area contributed by atoms with E-state index in [-0.39, 0.29) is 25.7 Å². The molecule has 0 saturated carbocycles. The summed E-state index contributed by atoms with van der Waals surface area (Å²) in [4.78, 5) is 64.9. The Balaban J connectivity index is 2.15. The Morgan fingerprint density at radius 1 is 0.900 bits per heavy atom. The SMILES string of the molecule is CC(C)C(NC(=O)C(N)CCC(=O)O)C(=O)NC(CCCCN)C(=O)NC(Cc1c[nH]c2ccccc12)C(=O)O. The van der Waals surface area contributed by atoms with Crippen LogP contribution in [0.15, 0.2) is 30.5 Å². The van der Waals surface area contributed by atoms with Crippen LogP contribution >= 0.6 is 0 Å². The van der Waals surface area contributed by atoms with Gasteiger partial charge in [-0.1, -0.05) is 32.0 Å². The Morgan fingerprint density at radius 2 is 1.57 bits per heavy atom. The molecule has 1 aromatic carbocycles. The zero-order chi connectivity index (χ0) is 29.8. The molecular formula is C27H40N6O7. The minimum atomic E-state index is -1.26. The van der Waals surface area contributed by atoms with Gasteiger partial charge in [0.05, 0.1) is 6.04 Å². The molecule has 1 heterocycles. The summed E-state index contributed by atoms with van der Waals surface area (Å²) < 4.78 is 0. The lowest BCUT2D eigenvalue weighted by Crippen LogP contribution is -2.58. The van der Waals surface area contributed by atoms with Gasteiger partial charge >= 0.3 is 11.9 Å². The van der Waals surface area contributed by atoms with Gasteiger partial charge in [-0.25, -0.2) is 4.79 Å². The topological polar surface area (TPSA) is 230 Å². The highest BCUT2D eigenvalue weighted by atomic mass is 16.4. The monoisotopic (exact) mass is 560 g/mol. The number of aromatic amines is 1. The number of nitrogens with two attached hydrogens (primary N) is 2. The molecule has 0 fully saturated rings. The third kappa shape index (κ3) is 9.65. The van der Waals surface area contributed by atoms with Gasteiger partial charge in [0.25, 0.3) is 0 Å². The predicted octanol–water partition coefficient (Wildman–Crippen LogP) is 0.227. The highest BCUT2D eigenvalue weighted by Crippen LogP contribution is 2.19. The second kappa shape index (κ2) is 15.6. The normalized spacial score (nSPS) is 14.2. The molecule has 10 N–H and O–H groups in total. The Morgan fingerprint density at radius 3 is 2.20 bits per heavy atom. The van der Waals surface area contributed by atoms with Gasteiger partial charge < -0.3 is 42.6 Å². The van der Waals surface area contributed by atoms with E-state index in [0.717, 1.165) is 10.9 Å². The van der Waals surface area contributed by atoms with Gasteiger partial charge in [-0.05, 0) is 49.8 Å². The van der Waals surface area contributed by atoms with E-state index in [4.69, 9.17) is 16.6 Å². The van der Waals surface area contributed by atoms with Crippen molar-refractivity contribution in [2.45, 2.75) is 76.5 Å². The van der Waals surface area contributed by atoms with Gasteiger partial charge in [-0.15, -0.1) is 0 Å². The number of carbonyl (C=O) groups is 5. The summed E-state index contributed by atoms with van der Waals surface area (Å²) in [7, 11) is 0. The molecule has 0 aliphatic heterocycles. The summed E-state index contributed by atoms with van der Waals surface area (Å²) in [6.45, 7) is 3.76. The number of fused-ring (bicyclic) bond motifs is 1. The number of carboxylic acid groups (broad SMARTS) is 2. The maximum absolute atomic E-state index is 13.3. The van der Waals surface area contributed by atoms with Crippen LogP contribution in [0.5, 0.6) is 0 Å². The van der Waals surface area contributed by atoms with Crippen LogP contribution in [-0.2, 0) is 30.4 Å². The number of carboxylic acids is 2. The number of carbonyl (C=O) groups excluding carboxylic acids is 3. The third-order valence-electron chi connectivity index (χ3n) is 6.55. The van der Waals surface area contributed by atoms with Crippen LogP contribution in [0.25, 0.3) is 10.9 Å². The largest absolute Gasteiger partial charge is 0.481 e. The van der Waals surface area contributed by atoms with Crippen molar-refractivity contribution in [1.29, 1.82) is 0 Å². The molecule has 0 aliphatic rings. The molecule has 4 atom stereocenters. The second-order valence-electron chi connectivity index (χ2n) is 10.1. The van der Waals surface area contributed by atoms with Crippen molar-refractivity contribution >= 4 is 40.6 Å². The molecule has 13 nitrogen and oxygen atoms in total. The van der Waals surface area contributed by atoms with E-state index < -0.39 is 59.7 Å². The number of aliphatic carboxylic acids is 2. The lowest BCUT2D eigenvalue weighted by atomic mass is 10.0. The van der Waals surface area contributed by atoms with Gasteiger partial charge in [0.15, 0.2) is 0 Å². The molecule has 2 aromatic rings. The summed E-state index contributed by atoms with van der Waals surface area (Å²) in [5.74, 6) is -4.74. The molecule has 2 rings (SSSR count). The molecule has 3 amide bonds. The molecule has 0 radical (unpaired) electrons. The average Bonchev–Trinajstić information content (AvgIpc) is 3.31. The van der Waals surface area contributed by atoms with E-state index in [1.807, 2.05) is 24.3 Å². The van der Waals surface area contributed by atoms with Crippen LogP contribution in [0.1, 0.15) is 51.5 Å². The maximum Gasteiger partial charge on any atom is 0.326 e. The number of unbranched alkanes of at least 4 members (excludes halogenated alkanes) is 1. The van der Waals surface area contributed by atoms with Crippen LogP contribution in [0.3, 0.4) is 0 Å². The number of aromatic nitrogens is 1. The number of hydrogen-bond acceptors (Lipinski definition) is 7. The van der Waals surface area contributed by atoms with Gasteiger partial charge in [-0.2, -0.15) is 0 Å². The standard InChI is InChI=1S/C27H40N6O7/c1-15(2)23(33-24(36)18(29)10-11-22(34)35)26(38)31-20(9-5-6-12-28)25(37)32-21(27(39)40)13-16-14-30-19-8-4-3-7-17(16)19/h3-4,7-8,14-15,18,20-21,23,30H,5-6,9-13,28-29H2,1-2H3,(H,31,38)(H,32,37)(H,33,36)(H,34,35)(H,39,40). The average molecular weight is 561 g/mol. The Labute approximate surface area is 232 Å². The molecule has 1 aromatic heterocycles. The van der Waals surface area contributed by atoms with Crippen molar-refractivity contribution in [3.05, 3.63) is 36.0 Å². The fraction of sp³-hybridized carbons (Fsp3) is 0.519. The van der Waals surface area contributed by atoms with Crippen molar-refractivity contribution in [2.75, 3.05) is 6.54 Å². The summed E-state index contributed by atoms with van der Waals surface area (Å²) >= 11 is 0. The van der Waals surface area contributed by atoms with Crippen molar-refractivity contribution in [1.82, 2.24) is 20.9 Å². The van der Waals surface area contributed by atoms with Crippen LogP contribution in [0.4, 0.5) is 0 Å². The number of hydrogen-bond donors (Lipinski definition) is 8. The smallest absolute Gasteiger partial charge is 0.326 e. The minimum Gasteiger partial charge on any atom is -0.481 e. The lowest BCUT2D eigenvalue weighted by molar-refractivity contribution is -0.142. The van der Waals surface area contributed by atoms with Gasteiger partial charge in [0.2, 0.25) is 17.7 Å². The zero-order valence-electron chi connectivity index (χ0n) is 22.8. The molecule has 0 spiro atoms. The van der Waals surface area contributed by atoms with Gasteiger partial charge in [0.1, 0.15) is 18.1 Å². The quantitative estimate of drug-likeness (QED) is 0.124. The van der Waals surface area contributed by atoms with Gasteiger partial charge in [0, 0.05) is 29.9 Å². The minimum absolute atomic E-state index is 0.0213. The van der Waals surface area contributed by atoms with E-state index in [1.165, 1.54) is 0 Å². The first-order valence-corrected chi connectivity index (χ1v) is 13.3. The number of para-hydroxylation sites is 1. The number of benzene rings is 1. The summed E-state index contributed by atoms with van der Waals surface area (Å²) in [5.41, 5.74) is 12.9. The van der Waals surface area contributed by atoms with Crippen molar-refractivity contribution < 1.29 is 34.2 Å². The Hall–Kier alpha value is -3.97. The fourth-order valence-corrected chi connectivity index (χ4v) is 4.22. The van der Waals surface area contributed by atoms with Crippen LogP contribution < -0.4 is 27.4 Å². The maximum atomic E-state index is 13.3. The van der Waals surface area contributed by atoms with E-state index in [1.54, 1.807) is 20.0 Å². The molecule has 13 heteroatoms. The Bertz CT molecular complexity index is 1180. The van der Waals surface area contributed by atoms with Gasteiger partial charge in [-0.3, -0.25) is 19.2 Å². The summed E-state index contributed by atoms with van der Waals surface area (Å²) in [6, 6.07) is 2.87. The van der Waals surface area contributed by atoms with E-state index >= 15 is 0 Å². The first-order valence-electron chi connectivity index (χ1n) is 13.3. The first kappa shape index (κ1) is 32.2. The molecule has 40 heavy (non-hydrogen) atoms. The number of nitrogens with one attached hydrogen (secondary N) is 4. The molecule has 0 saturated heterocycles. The zero-order valence-corrected chi connectivity index (χ0v) is 22.8. The number of amides is 3. The molecule has 220 valence electrons. The molecule has 0 bridgehead atoms. The second-order valence-corrected chi connectivity index (χ2v) is 10.1. The predicted molar refractivity (Wildman–Crippen MR) is 148 cm³/mol. The number of rotatable bonds is 17. The van der Waals surface area contributed by atoms with Crippen LogP contribution in [0.2, 0.25) is 0 Å². The van der Waals surface area contributed by atoms with Crippen LogP contribution in [0, 0.1) is 5.92 Å². The molecular weight excluding hydrogens is 520 g/mol. The lowest BCUT2D eigenvalue weighted by Gasteiger charge is -2.27. The third-order valence-corrected chi connectivity index (χ3v) is 6.55. The number of H-pyrrole nitrogens is 1. The molecule has 0 aliphatic carbocycles.